The van der Waals surface area contributed by atoms with Gasteiger partial charge in [-0.3, -0.25) is 9.59 Å². The van der Waals surface area contributed by atoms with Crippen LogP contribution in [0.5, 0.6) is 0 Å². The maximum absolute atomic E-state index is 13.0. The fourth-order valence-electron chi connectivity index (χ4n) is 4.86. The Hall–Kier alpha value is -3.73. The summed E-state index contributed by atoms with van der Waals surface area (Å²) in [5, 5.41) is 6.50. The second-order valence-corrected chi connectivity index (χ2v) is 8.99. The number of hydrogen-bond donors (Lipinski definition) is 1. The molecule has 0 bridgehead atoms. The molecule has 1 aliphatic heterocycles. The number of anilines is 1. The molecule has 1 aliphatic carbocycles. The standard InChI is InChI=1S/C29H29N3O2/c1-2-3-4-8-21-9-6-13-25(21)30-31-28(33)23-17-15-20(16-18-23)19-32-26-14-7-11-22-10-5-12-24(27(22)26)29(32)34/h5,7,9-12,14-18H,2-4,6,8,13,19H2,1H3,(H,31,33). The Morgan fingerprint density at radius 3 is 2.62 bits per heavy atom. The Bertz CT molecular complexity index is 1300. The largest absolute Gasteiger partial charge is 0.303 e. The van der Waals surface area contributed by atoms with Crippen molar-refractivity contribution < 1.29 is 9.59 Å². The second-order valence-electron chi connectivity index (χ2n) is 8.99. The number of hydrogen-bond acceptors (Lipinski definition) is 3. The van der Waals surface area contributed by atoms with Gasteiger partial charge in [-0.2, -0.15) is 5.10 Å². The topological polar surface area (TPSA) is 61.8 Å². The molecule has 0 unspecified atom stereocenters. The SMILES string of the molecule is CCCCCC1=CCCC1=NNC(=O)c1ccc(CN2C(=O)c3cccc4cccc2c34)cc1. The molecule has 172 valence electrons. The first-order valence-electron chi connectivity index (χ1n) is 12.1. The van der Waals surface area contributed by atoms with Crippen molar-refractivity contribution in [1.82, 2.24) is 5.43 Å². The zero-order valence-electron chi connectivity index (χ0n) is 19.5. The summed E-state index contributed by atoms with van der Waals surface area (Å²) in [6.07, 6.45) is 8.74. The summed E-state index contributed by atoms with van der Waals surface area (Å²) >= 11 is 0. The van der Waals surface area contributed by atoms with Crippen molar-refractivity contribution >= 4 is 34.0 Å². The lowest BCUT2D eigenvalue weighted by Gasteiger charge is -2.18. The fraction of sp³-hybridized carbons (Fsp3) is 0.276. The minimum absolute atomic E-state index is 0.0174. The van der Waals surface area contributed by atoms with Gasteiger partial charge >= 0.3 is 0 Å². The van der Waals surface area contributed by atoms with Crippen LogP contribution < -0.4 is 10.3 Å². The molecule has 5 rings (SSSR count). The van der Waals surface area contributed by atoms with Gasteiger partial charge in [0.05, 0.1) is 17.9 Å². The first-order chi connectivity index (χ1) is 16.7. The number of carbonyl (C=O) groups excluding carboxylic acids is 2. The van der Waals surface area contributed by atoms with E-state index in [1.807, 2.05) is 53.4 Å². The van der Waals surface area contributed by atoms with Crippen LogP contribution in [-0.4, -0.2) is 17.5 Å². The van der Waals surface area contributed by atoms with Crippen LogP contribution in [0.3, 0.4) is 0 Å². The van der Waals surface area contributed by atoms with E-state index in [2.05, 4.69) is 23.5 Å². The highest BCUT2D eigenvalue weighted by Crippen LogP contribution is 2.38. The summed E-state index contributed by atoms with van der Waals surface area (Å²) in [5.74, 6) is -0.197. The van der Waals surface area contributed by atoms with Gasteiger partial charge < -0.3 is 4.90 Å². The number of nitrogens with zero attached hydrogens (tertiary/aromatic N) is 2. The van der Waals surface area contributed by atoms with E-state index >= 15 is 0 Å². The molecule has 34 heavy (non-hydrogen) atoms. The molecular weight excluding hydrogens is 422 g/mol. The van der Waals surface area contributed by atoms with Crippen LogP contribution in [0.2, 0.25) is 0 Å². The molecule has 1 heterocycles. The third kappa shape index (κ3) is 4.26. The van der Waals surface area contributed by atoms with Gasteiger partial charge in [0.2, 0.25) is 0 Å². The van der Waals surface area contributed by atoms with Crippen LogP contribution in [-0.2, 0) is 6.54 Å². The van der Waals surface area contributed by atoms with E-state index in [1.165, 1.54) is 18.4 Å². The summed E-state index contributed by atoms with van der Waals surface area (Å²) in [6.45, 7) is 2.66. The third-order valence-corrected chi connectivity index (χ3v) is 6.69. The van der Waals surface area contributed by atoms with Gasteiger partial charge in [0.1, 0.15) is 0 Å². The van der Waals surface area contributed by atoms with Crippen molar-refractivity contribution in [2.75, 3.05) is 4.90 Å². The molecule has 1 N–H and O–H groups in total. The number of nitrogens with one attached hydrogen (secondary N) is 1. The maximum Gasteiger partial charge on any atom is 0.271 e. The molecule has 2 amide bonds. The molecule has 0 fully saturated rings. The van der Waals surface area contributed by atoms with Gasteiger partial charge in [-0.25, -0.2) is 5.43 Å². The van der Waals surface area contributed by atoms with Crippen molar-refractivity contribution in [3.63, 3.8) is 0 Å². The summed E-state index contributed by atoms with van der Waals surface area (Å²) in [7, 11) is 0. The maximum atomic E-state index is 13.0. The van der Waals surface area contributed by atoms with E-state index in [0.29, 0.717) is 12.1 Å². The van der Waals surface area contributed by atoms with Gasteiger partial charge in [0.15, 0.2) is 0 Å². The van der Waals surface area contributed by atoms with Crippen molar-refractivity contribution in [3.8, 4) is 0 Å². The van der Waals surface area contributed by atoms with Gasteiger partial charge in [-0.05, 0) is 66.5 Å². The van der Waals surface area contributed by atoms with E-state index in [-0.39, 0.29) is 11.8 Å². The Labute approximate surface area is 200 Å². The molecule has 0 radical (unpaired) electrons. The van der Waals surface area contributed by atoms with E-state index in [0.717, 1.165) is 59.0 Å². The molecular formula is C29H29N3O2. The fourth-order valence-corrected chi connectivity index (χ4v) is 4.86. The van der Waals surface area contributed by atoms with Crippen LogP contribution in [0.15, 0.2) is 77.4 Å². The van der Waals surface area contributed by atoms with Crippen molar-refractivity contribution in [1.29, 1.82) is 0 Å². The molecule has 2 aliphatic rings. The number of unbranched alkanes of at least 4 members (excludes halogenated alkanes) is 2. The first-order valence-corrected chi connectivity index (χ1v) is 12.1. The first kappa shape index (κ1) is 22.1. The van der Waals surface area contributed by atoms with Crippen LogP contribution in [0.4, 0.5) is 5.69 Å². The van der Waals surface area contributed by atoms with Gasteiger partial charge in [0.25, 0.3) is 11.8 Å². The van der Waals surface area contributed by atoms with Crippen molar-refractivity contribution in [2.45, 2.75) is 52.0 Å². The predicted octanol–water partition coefficient (Wildman–Crippen LogP) is 6.39. The smallest absolute Gasteiger partial charge is 0.271 e. The van der Waals surface area contributed by atoms with Crippen LogP contribution in [0.25, 0.3) is 10.8 Å². The molecule has 0 saturated heterocycles. The van der Waals surface area contributed by atoms with Gasteiger partial charge in [-0.1, -0.05) is 62.2 Å². The van der Waals surface area contributed by atoms with Gasteiger partial charge in [0, 0.05) is 16.5 Å². The molecule has 3 aromatic rings. The molecule has 0 atom stereocenters. The highest BCUT2D eigenvalue weighted by Gasteiger charge is 2.29. The summed E-state index contributed by atoms with van der Waals surface area (Å²) in [6, 6.07) is 19.3. The monoisotopic (exact) mass is 451 g/mol. The molecule has 3 aromatic carbocycles. The number of hydrazone groups is 1. The lowest BCUT2D eigenvalue weighted by molar-refractivity contribution is 0.0953. The zero-order valence-corrected chi connectivity index (χ0v) is 19.5. The average Bonchev–Trinajstić information content (AvgIpc) is 3.42. The van der Waals surface area contributed by atoms with Crippen molar-refractivity contribution in [3.05, 3.63) is 89.0 Å². The number of allylic oxidation sites excluding steroid dienone is 2. The molecule has 0 saturated carbocycles. The van der Waals surface area contributed by atoms with Crippen LogP contribution in [0, 0.1) is 0 Å². The van der Waals surface area contributed by atoms with Crippen molar-refractivity contribution in [2.24, 2.45) is 5.10 Å². The van der Waals surface area contributed by atoms with Crippen LogP contribution in [0.1, 0.15) is 71.7 Å². The van der Waals surface area contributed by atoms with E-state index in [4.69, 9.17) is 0 Å². The number of amides is 2. The number of benzene rings is 3. The summed E-state index contributed by atoms with van der Waals surface area (Å²) < 4.78 is 0. The Morgan fingerprint density at radius 1 is 1.03 bits per heavy atom. The summed E-state index contributed by atoms with van der Waals surface area (Å²) in [4.78, 5) is 27.5. The molecule has 5 heteroatoms. The Balaban J connectivity index is 1.24. The predicted molar refractivity (Wildman–Crippen MR) is 137 cm³/mol. The lowest BCUT2D eigenvalue weighted by Crippen LogP contribution is -2.26. The minimum atomic E-state index is -0.215. The van der Waals surface area contributed by atoms with E-state index in [9.17, 15) is 9.59 Å². The third-order valence-electron chi connectivity index (χ3n) is 6.69. The molecule has 5 nitrogen and oxygen atoms in total. The second kappa shape index (κ2) is 9.64. The summed E-state index contributed by atoms with van der Waals surface area (Å²) in [5.41, 5.74) is 8.22. The van der Waals surface area contributed by atoms with Gasteiger partial charge in [-0.15, -0.1) is 0 Å². The van der Waals surface area contributed by atoms with E-state index in [1.54, 1.807) is 12.1 Å². The number of rotatable bonds is 8. The highest BCUT2D eigenvalue weighted by molar-refractivity contribution is 6.24. The molecule has 0 spiro atoms. The lowest BCUT2D eigenvalue weighted by atomic mass is 10.1. The minimum Gasteiger partial charge on any atom is -0.303 e. The quantitative estimate of drug-likeness (QED) is 0.319. The van der Waals surface area contributed by atoms with Crippen LogP contribution >= 0.6 is 0 Å². The number of carbonyl (C=O) groups is 2. The normalized spacial score (nSPS) is 15.9. The average molecular weight is 452 g/mol. The highest BCUT2D eigenvalue weighted by atomic mass is 16.2. The Kier molecular flexibility index (Phi) is 6.26. The Morgan fingerprint density at radius 2 is 1.82 bits per heavy atom. The zero-order chi connectivity index (χ0) is 23.5. The van der Waals surface area contributed by atoms with E-state index < -0.39 is 0 Å². The molecule has 0 aromatic heterocycles.